The molecule has 92 valence electrons. The van der Waals surface area contributed by atoms with Crippen LogP contribution < -0.4 is 11.2 Å². The lowest BCUT2D eigenvalue weighted by Gasteiger charge is -2.05. The highest BCUT2D eigenvalue weighted by Gasteiger charge is 2.14. The van der Waals surface area contributed by atoms with E-state index in [9.17, 15) is 14.4 Å². The Morgan fingerprint density at radius 2 is 1.83 bits per heavy atom. The van der Waals surface area contributed by atoms with E-state index in [1.54, 1.807) is 0 Å². The van der Waals surface area contributed by atoms with Gasteiger partial charge in [0.1, 0.15) is 5.56 Å². The molecule has 0 aliphatic heterocycles. The van der Waals surface area contributed by atoms with E-state index in [4.69, 9.17) is 16.7 Å². The molecule has 2 rings (SSSR count). The third kappa shape index (κ3) is 2.05. The van der Waals surface area contributed by atoms with Crippen molar-refractivity contribution in [2.24, 2.45) is 0 Å². The van der Waals surface area contributed by atoms with Crippen molar-refractivity contribution in [2.75, 3.05) is 0 Å². The summed E-state index contributed by atoms with van der Waals surface area (Å²) >= 11 is 5.69. The second kappa shape index (κ2) is 4.50. The Hall–Kier alpha value is -2.34. The van der Waals surface area contributed by atoms with Gasteiger partial charge in [0, 0.05) is 11.2 Å². The van der Waals surface area contributed by atoms with E-state index in [0.29, 0.717) is 5.02 Å². The molecule has 18 heavy (non-hydrogen) atoms. The highest BCUT2D eigenvalue weighted by Crippen LogP contribution is 2.10. The number of nitrogens with one attached hydrogen (secondary N) is 1. The lowest BCUT2D eigenvalue weighted by Crippen LogP contribution is -2.36. The first-order chi connectivity index (χ1) is 8.50. The summed E-state index contributed by atoms with van der Waals surface area (Å²) in [6.07, 6.45) is 0.874. The molecule has 2 N–H and O–H groups in total. The van der Waals surface area contributed by atoms with Crippen molar-refractivity contribution in [3.8, 4) is 5.69 Å². The standard InChI is InChI=1S/C11H7ClN2O4/c12-6-1-3-7(4-2-6)14-9(15)8(10(16)17)5-13-11(14)18/h1-5H,(H,13,18)(H,16,17). The molecule has 0 aliphatic rings. The number of aromatic nitrogens is 2. The fourth-order valence-electron chi connectivity index (χ4n) is 1.45. The molecule has 0 bridgehead atoms. The van der Waals surface area contributed by atoms with Crippen LogP contribution in [0.4, 0.5) is 0 Å². The number of rotatable bonds is 2. The molecule has 7 heteroatoms. The molecule has 0 radical (unpaired) electrons. The van der Waals surface area contributed by atoms with Gasteiger partial charge in [-0.15, -0.1) is 0 Å². The van der Waals surface area contributed by atoms with Crippen molar-refractivity contribution >= 4 is 17.6 Å². The van der Waals surface area contributed by atoms with Crippen molar-refractivity contribution in [3.63, 3.8) is 0 Å². The summed E-state index contributed by atoms with van der Waals surface area (Å²) < 4.78 is 0.736. The van der Waals surface area contributed by atoms with Crippen molar-refractivity contribution in [3.05, 3.63) is 61.9 Å². The zero-order chi connectivity index (χ0) is 13.3. The first kappa shape index (κ1) is 12.1. The van der Waals surface area contributed by atoms with E-state index in [1.165, 1.54) is 24.3 Å². The van der Waals surface area contributed by atoms with Crippen molar-refractivity contribution < 1.29 is 9.90 Å². The Morgan fingerprint density at radius 3 is 2.39 bits per heavy atom. The number of halogens is 1. The van der Waals surface area contributed by atoms with Gasteiger partial charge in [-0.1, -0.05) is 11.6 Å². The maximum absolute atomic E-state index is 11.8. The van der Waals surface area contributed by atoms with Crippen molar-refractivity contribution in [1.29, 1.82) is 0 Å². The predicted octanol–water partition coefficient (Wildman–Crippen LogP) is 0.877. The second-order valence-electron chi connectivity index (χ2n) is 3.43. The van der Waals surface area contributed by atoms with Crippen LogP contribution in [0.1, 0.15) is 10.4 Å². The summed E-state index contributed by atoms with van der Waals surface area (Å²) in [5, 5.41) is 9.26. The normalized spacial score (nSPS) is 10.3. The van der Waals surface area contributed by atoms with E-state index in [-0.39, 0.29) is 5.69 Å². The molecule has 0 saturated carbocycles. The molecule has 1 aromatic heterocycles. The van der Waals surface area contributed by atoms with E-state index < -0.39 is 22.8 Å². The lowest BCUT2D eigenvalue weighted by atomic mass is 10.3. The molecule has 1 heterocycles. The van der Waals surface area contributed by atoms with Crippen LogP contribution in [0.3, 0.4) is 0 Å². The predicted molar refractivity (Wildman–Crippen MR) is 64.6 cm³/mol. The van der Waals surface area contributed by atoms with Crippen molar-refractivity contribution in [1.82, 2.24) is 9.55 Å². The maximum Gasteiger partial charge on any atom is 0.342 e. The number of carboxylic acid groups (broad SMARTS) is 1. The van der Waals surface area contributed by atoms with Crippen molar-refractivity contribution in [2.45, 2.75) is 0 Å². The third-order valence-electron chi connectivity index (χ3n) is 2.29. The number of hydrogen-bond donors (Lipinski definition) is 2. The Morgan fingerprint density at radius 1 is 1.22 bits per heavy atom. The molecule has 0 spiro atoms. The number of aromatic carboxylic acids is 1. The minimum Gasteiger partial charge on any atom is -0.477 e. The number of H-pyrrole nitrogens is 1. The van der Waals surface area contributed by atoms with Crippen LogP contribution in [-0.4, -0.2) is 20.6 Å². The Balaban J connectivity index is 2.75. The van der Waals surface area contributed by atoms with Gasteiger partial charge in [0.15, 0.2) is 0 Å². The van der Waals surface area contributed by atoms with Gasteiger partial charge in [0.05, 0.1) is 5.69 Å². The van der Waals surface area contributed by atoms with Crippen LogP contribution in [0, 0.1) is 0 Å². The summed E-state index contributed by atoms with van der Waals surface area (Å²) in [6.45, 7) is 0. The molecule has 0 unspecified atom stereocenters. The summed E-state index contributed by atoms with van der Waals surface area (Å²) in [6, 6.07) is 5.89. The van der Waals surface area contributed by atoms with Crippen LogP contribution in [0.5, 0.6) is 0 Å². The molecule has 6 nitrogen and oxygen atoms in total. The first-order valence-electron chi connectivity index (χ1n) is 4.84. The van der Waals surface area contributed by atoms with Crippen LogP contribution in [-0.2, 0) is 0 Å². The largest absolute Gasteiger partial charge is 0.477 e. The highest BCUT2D eigenvalue weighted by atomic mass is 35.5. The topological polar surface area (TPSA) is 92.2 Å². The molecule has 0 atom stereocenters. The van der Waals surface area contributed by atoms with Gasteiger partial charge < -0.3 is 10.1 Å². The van der Waals surface area contributed by atoms with Gasteiger partial charge in [-0.3, -0.25) is 4.79 Å². The van der Waals surface area contributed by atoms with Crippen LogP contribution in [0.2, 0.25) is 5.02 Å². The molecular weight excluding hydrogens is 260 g/mol. The lowest BCUT2D eigenvalue weighted by molar-refractivity contribution is 0.0694. The van der Waals surface area contributed by atoms with Gasteiger partial charge in [-0.05, 0) is 24.3 Å². The molecular formula is C11H7ClN2O4. The monoisotopic (exact) mass is 266 g/mol. The first-order valence-corrected chi connectivity index (χ1v) is 5.22. The van der Waals surface area contributed by atoms with Crippen LogP contribution in [0.25, 0.3) is 5.69 Å². The van der Waals surface area contributed by atoms with Gasteiger partial charge in [-0.2, -0.15) is 0 Å². The highest BCUT2D eigenvalue weighted by molar-refractivity contribution is 6.30. The van der Waals surface area contributed by atoms with Crippen LogP contribution in [0.15, 0.2) is 40.1 Å². The van der Waals surface area contributed by atoms with Gasteiger partial charge >= 0.3 is 11.7 Å². The molecule has 1 aromatic carbocycles. The number of hydrogen-bond acceptors (Lipinski definition) is 3. The zero-order valence-electron chi connectivity index (χ0n) is 8.88. The average Bonchev–Trinajstić information content (AvgIpc) is 2.31. The van der Waals surface area contributed by atoms with Gasteiger partial charge in [-0.25, -0.2) is 14.2 Å². The minimum atomic E-state index is -1.40. The van der Waals surface area contributed by atoms with Crippen LogP contribution >= 0.6 is 11.6 Å². The second-order valence-corrected chi connectivity index (χ2v) is 3.87. The SMILES string of the molecule is O=C(O)c1c[nH]c(=O)n(-c2ccc(Cl)cc2)c1=O. The quantitative estimate of drug-likeness (QED) is 0.844. The van der Waals surface area contributed by atoms with E-state index in [1.807, 2.05) is 0 Å². The zero-order valence-corrected chi connectivity index (χ0v) is 9.64. The van der Waals surface area contributed by atoms with E-state index in [0.717, 1.165) is 10.8 Å². The Labute approximate surface area is 105 Å². The Bertz CT molecular complexity index is 715. The molecule has 0 amide bonds. The minimum absolute atomic E-state index is 0.244. The summed E-state index contributed by atoms with van der Waals surface area (Å²) in [7, 11) is 0. The summed E-state index contributed by atoms with van der Waals surface area (Å²) in [5.41, 5.74) is -1.88. The molecule has 0 aliphatic carbocycles. The number of carboxylic acids is 1. The average molecular weight is 267 g/mol. The Kier molecular flexibility index (Phi) is 3.03. The van der Waals surface area contributed by atoms with E-state index >= 15 is 0 Å². The van der Waals surface area contributed by atoms with Gasteiger partial charge in [0.2, 0.25) is 0 Å². The molecule has 2 aromatic rings. The number of nitrogens with zero attached hydrogens (tertiary/aromatic N) is 1. The van der Waals surface area contributed by atoms with Gasteiger partial charge in [0.25, 0.3) is 5.56 Å². The maximum atomic E-state index is 11.8. The number of aromatic amines is 1. The fraction of sp³-hybridized carbons (Fsp3) is 0. The third-order valence-corrected chi connectivity index (χ3v) is 2.54. The smallest absolute Gasteiger partial charge is 0.342 e. The summed E-state index contributed by atoms with van der Waals surface area (Å²) in [4.78, 5) is 36.4. The molecule has 0 fully saturated rings. The number of carbonyl (C=O) groups is 1. The number of benzene rings is 1. The molecule has 0 saturated heterocycles. The summed E-state index contributed by atoms with van der Waals surface area (Å²) in [5.74, 6) is -1.40. The fourth-order valence-corrected chi connectivity index (χ4v) is 1.58. The van der Waals surface area contributed by atoms with E-state index in [2.05, 4.69) is 4.98 Å².